The van der Waals surface area contributed by atoms with Crippen LogP contribution in [0.3, 0.4) is 0 Å². The van der Waals surface area contributed by atoms with Crippen molar-refractivity contribution in [2.24, 2.45) is 0 Å². The van der Waals surface area contributed by atoms with E-state index < -0.39 is 11.2 Å². The van der Waals surface area contributed by atoms with Crippen molar-refractivity contribution in [3.8, 4) is 0 Å². The molecule has 0 saturated carbocycles. The minimum atomic E-state index is -0.888. The van der Waals surface area contributed by atoms with Gasteiger partial charge in [-0.3, -0.25) is 0 Å². The van der Waals surface area contributed by atoms with Crippen molar-refractivity contribution < 1.29 is 9.84 Å². The van der Waals surface area contributed by atoms with Crippen LogP contribution in [0.25, 0.3) is 4.98 Å². The lowest BCUT2D eigenvalue weighted by atomic mass is 9.87. The molecule has 1 atom stereocenters. The van der Waals surface area contributed by atoms with Gasteiger partial charge in [0.05, 0.1) is 0 Å². The molecule has 4 nitrogen and oxygen atoms in total. The second-order valence-corrected chi connectivity index (χ2v) is 4.29. The summed E-state index contributed by atoms with van der Waals surface area (Å²) in [6.07, 6.45) is 1.00. The predicted molar refractivity (Wildman–Crippen MR) is 59.1 cm³/mol. The van der Waals surface area contributed by atoms with E-state index in [4.69, 9.17) is 10.1 Å². The Morgan fingerprint density at radius 2 is 1.94 bits per heavy atom. The van der Waals surface area contributed by atoms with Crippen molar-refractivity contribution in [2.45, 2.75) is 25.0 Å². The summed E-state index contributed by atoms with van der Waals surface area (Å²) in [7, 11) is 0. The van der Waals surface area contributed by atoms with Crippen LogP contribution in [0.2, 0.25) is 0 Å². The zero-order valence-corrected chi connectivity index (χ0v) is 9.21. The smallest absolute Gasteiger partial charge is 0.390 e. The van der Waals surface area contributed by atoms with Gasteiger partial charge < -0.3 is 9.84 Å². The normalized spacial score (nSPS) is 27.2. The maximum Gasteiger partial charge on any atom is 0.390 e. The Morgan fingerprint density at radius 1 is 1.38 bits per heavy atom. The molecule has 0 amide bonds. The molecule has 0 aromatic heterocycles. The highest BCUT2D eigenvalue weighted by Crippen LogP contribution is 2.59. The highest BCUT2D eigenvalue weighted by Gasteiger charge is 2.69. The number of aliphatic hydroxyl groups is 1. The van der Waals surface area contributed by atoms with Gasteiger partial charge in [-0.25, -0.2) is 0 Å². The molecule has 1 aliphatic rings. The van der Waals surface area contributed by atoms with Crippen molar-refractivity contribution in [3.63, 3.8) is 0 Å². The number of aliphatic hydroxyl groups excluding tert-OH is 1. The lowest BCUT2D eigenvalue weighted by Crippen LogP contribution is -2.21. The van der Waals surface area contributed by atoms with Crippen LogP contribution in [0, 0.1) is 5.39 Å². The second kappa shape index (κ2) is 3.32. The zero-order chi connectivity index (χ0) is 11.8. The van der Waals surface area contributed by atoms with Gasteiger partial charge in [0.2, 0.25) is 11.2 Å². The van der Waals surface area contributed by atoms with Gasteiger partial charge in [-0.15, -0.1) is 0 Å². The number of benzene rings is 1. The lowest BCUT2D eigenvalue weighted by molar-refractivity contribution is 0.240. The third kappa shape index (κ3) is 1.29. The predicted octanol–water partition coefficient (Wildman–Crippen LogP) is 2.94. The molecule has 0 spiro atoms. The molecule has 2 rings (SSSR count). The molecule has 1 aromatic rings. The van der Waals surface area contributed by atoms with Crippen molar-refractivity contribution in [1.29, 1.82) is 5.39 Å². The number of hydrogen-bond donors (Lipinski definition) is 1. The summed E-state index contributed by atoms with van der Waals surface area (Å²) < 4.78 is 5.60. The van der Waals surface area contributed by atoms with Gasteiger partial charge in [0, 0.05) is 0 Å². The first-order chi connectivity index (χ1) is 7.54. The minimum Gasteiger partial charge on any atom is -0.503 e. The molecule has 1 heterocycles. The van der Waals surface area contributed by atoms with E-state index in [-0.39, 0.29) is 5.76 Å². The Morgan fingerprint density at radius 3 is 2.38 bits per heavy atom. The van der Waals surface area contributed by atoms with Crippen LogP contribution in [0.15, 0.2) is 42.3 Å². The third-order valence-electron chi connectivity index (χ3n) is 2.94. The summed E-state index contributed by atoms with van der Waals surface area (Å²) in [5.74, 6) is -0.0915. The SMILES string of the molecule is CC1(C)OC1(C(O)=C[N+]#N)c1ccccc1. The summed E-state index contributed by atoms with van der Waals surface area (Å²) >= 11 is 0. The van der Waals surface area contributed by atoms with Gasteiger partial charge in [0.1, 0.15) is 5.60 Å². The number of nitrogens with zero attached hydrogens (tertiary/aromatic N) is 2. The molecule has 1 N–H and O–H groups in total. The fourth-order valence-corrected chi connectivity index (χ4v) is 2.09. The minimum absolute atomic E-state index is 0.0915. The monoisotopic (exact) mass is 217 g/mol. The van der Waals surface area contributed by atoms with Gasteiger partial charge in [0.15, 0.2) is 10.6 Å². The Labute approximate surface area is 93.8 Å². The molecule has 82 valence electrons. The van der Waals surface area contributed by atoms with Crippen LogP contribution in [-0.2, 0) is 10.3 Å². The molecular weight excluding hydrogens is 204 g/mol. The van der Waals surface area contributed by atoms with Gasteiger partial charge in [-0.05, 0) is 19.4 Å². The maximum absolute atomic E-state index is 9.91. The first kappa shape index (κ1) is 10.7. The zero-order valence-electron chi connectivity index (χ0n) is 9.21. The molecular formula is C12H13N2O2+. The second-order valence-electron chi connectivity index (χ2n) is 4.29. The molecule has 16 heavy (non-hydrogen) atoms. The van der Waals surface area contributed by atoms with Crippen molar-refractivity contribution in [1.82, 2.24) is 0 Å². The molecule has 1 unspecified atom stereocenters. The van der Waals surface area contributed by atoms with Gasteiger partial charge in [0.25, 0.3) is 0 Å². The Kier molecular flexibility index (Phi) is 2.21. The van der Waals surface area contributed by atoms with Gasteiger partial charge in [-0.2, -0.15) is 0 Å². The lowest BCUT2D eigenvalue weighted by Gasteiger charge is -2.12. The van der Waals surface area contributed by atoms with Crippen LogP contribution in [0.1, 0.15) is 19.4 Å². The topological polar surface area (TPSA) is 60.9 Å². The molecule has 0 bridgehead atoms. The Hall–Kier alpha value is -1.86. The fourth-order valence-electron chi connectivity index (χ4n) is 2.09. The summed E-state index contributed by atoms with van der Waals surface area (Å²) in [4.78, 5) is 2.84. The van der Waals surface area contributed by atoms with Crippen LogP contribution >= 0.6 is 0 Å². The summed E-state index contributed by atoms with van der Waals surface area (Å²) in [5, 5.41) is 18.4. The molecule has 1 saturated heterocycles. The first-order valence-corrected chi connectivity index (χ1v) is 5.04. The van der Waals surface area contributed by atoms with Crippen LogP contribution in [-0.4, -0.2) is 10.7 Å². The molecule has 1 fully saturated rings. The maximum atomic E-state index is 9.91. The highest BCUT2D eigenvalue weighted by atomic mass is 16.6. The van der Waals surface area contributed by atoms with E-state index in [9.17, 15) is 5.11 Å². The first-order valence-electron chi connectivity index (χ1n) is 5.04. The molecule has 4 heteroatoms. The van der Waals surface area contributed by atoms with E-state index in [2.05, 4.69) is 4.98 Å². The van der Waals surface area contributed by atoms with E-state index in [0.29, 0.717) is 0 Å². The van der Waals surface area contributed by atoms with E-state index in [1.54, 1.807) is 0 Å². The molecule has 1 aliphatic heterocycles. The Bertz CT molecular complexity index is 474. The number of rotatable bonds is 2. The standard InChI is InChI=1S/C12H12N2O2/c1-11(2)12(16-11,10(15)8-14-13)9-6-4-3-5-7-9/h3-8H,1-2H3/p+1. The summed E-state index contributed by atoms with van der Waals surface area (Å²) in [6.45, 7) is 3.75. The quantitative estimate of drug-likeness (QED) is 0.470. The largest absolute Gasteiger partial charge is 0.503 e. The number of ether oxygens (including phenoxy) is 1. The van der Waals surface area contributed by atoms with Crippen LogP contribution < -0.4 is 0 Å². The van der Waals surface area contributed by atoms with E-state index in [1.165, 1.54) is 0 Å². The van der Waals surface area contributed by atoms with Gasteiger partial charge in [-0.1, -0.05) is 30.3 Å². The molecule has 0 aliphatic carbocycles. The van der Waals surface area contributed by atoms with Crippen molar-refractivity contribution in [2.75, 3.05) is 0 Å². The van der Waals surface area contributed by atoms with E-state index in [0.717, 1.165) is 11.8 Å². The molecule has 1 aromatic carbocycles. The summed E-state index contributed by atoms with van der Waals surface area (Å²) in [6, 6.07) is 9.38. The third-order valence-corrected chi connectivity index (χ3v) is 2.94. The van der Waals surface area contributed by atoms with E-state index in [1.807, 2.05) is 44.2 Å². The average molecular weight is 217 g/mol. The number of diazo groups is 1. The van der Waals surface area contributed by atoms with Crippen molar-refractivity contribution >= 4 is 0 Å². The molecule has 0 radical (unpaired) electrons. The van der Waals surface area contributed by atoms with Crippen LogP contribution in [0.4, 0.5) is 0 Å². The van der Waals surface area contributed by atoms with Crippen LogP contribution in [0.5, 0.6) is 0 Å². The Balaban J connectivity index is 2.50. The van der Waals surface area contributed by atoms with Gasteiger partial charge >= 0.3 is 6.20 Å². The average Bonchev–Trinajstić information content (AvgIpc) is 2.85. The van der Waals surface area contributed by atoms with Crippen molar-refractivity contribution in [3.05, 3.63) is 52.8 Å². The fraction of sp³-hybridized carbons (Fsp3) is 0.333. The number of hydrogen-bond acceptors (Lipinski definition) is 3. The number of epoxide rings is 1. The summed E-state index contributed by atoms with van der Waals surface area (Å²) in [5.41, 5.74) is -0.544. The highest BCUT2D eigenvalue weighted by molar-refractivity contribution is 5.41. The van der Waals surface area contributed by atoms with E-state index >= 15 is 0 Å².